The van der Waals surface area contributed by atoms with Crippen molar-refractivity contribution < 1.29 is 27.5 Å². The van der Waals surface area contributed by atoms with Crippen molar-refractivity contribution in [1.29, 1.82) is 0 Å². The van der Waals surface area contributed by atoms with Crippen LogP contribution >= 0.6 is 23.4 Å². The van der Waals surface area contributed by atoms with Crippen molar-refractivity contribution in [3.8, 4) is 0 Å². The van der Waals surface area contributed by atoms with Crippen LogP contribution in [0.25, 0.3) is 16.5 Å². The van der Waals surface area contributed by atoms with Crippen molar-refractivity contribution in [3.05, 3.63) is 69.2 Å². The fourth-order valence-corrected chi connectivity index (χ4v) is 6.26. The first-order valence-corrected chi connectivity index (χ1v) is 14.5. The standard InChI is InChI=1S/C29H29ClF3N5O3S/c1-16-15-37(27(40)41-28(2,3)4)9-10-38(16)26-35-25(39)24(42-26)21(17-6-8-23-19(11-17)14-34-36-23)12-18-5-7-20(30)13-22(18)29(31,32)33/h5-8,11,13-14,16H,9-10,12,15H2,1-4H3,(H,34,36). The van der Waals surface area contributed by atoms with E-state index in [2.05, 4.69) is 15.2 Å². The van der Waals surface area contributed by atoms with Crippen LogP contribution < -0.4 is 0 Å². The number of fused-ring (bicyclic) bond motifs is 1. The molecule has 2 aromatic carbocycles. The van der Waals surface area contributed by atoms with Gasteiger partial charge in [0.2, 0.25) is 0 Å². The van der Waals surface area contributed by atoms with Gasteiger partial charge in [0, 0.05) is 36.1 Å². The number of aliphatic imine (C=N–C) groups is 1. The Hall–Kier alpha value is -3.51. The highest BCUT2D eigenvalue weighted by molar-refractivity contribution is 8.18. The third kappa shape index (κ3) is 6.44. The number of nitrogens with zero attached hydrogens (tertiary/aromatic N) is 4. The molecule has 1 fully saturated rings. The molecule has 42 heavy (non-hydrogen) atoms. The van der Waals surface area contributed by atoms with Crippen molar-refractivity contribution in [2.75, 3.05) is 19.6 Å². The maximum atomic E-state index is 14.0. The van der Waals surface area contributed by atoms with Crippen molar-refractivity contribution in [2.24, 2.45) is 4.99 Å². The van der Waals surface area contributed by atoms with Gasteiger partial charge in [-0.3, -0.25) is 9.89 Å². The normalized spacial score (nSPS) is 19.4. The minimum absolute atomic E-state index is 0.0112. The summed E-state index contributed by atoms with van der Waals surface area (Å²) >= 11 is 7.06. The fraction of sp³-hybridized carbons (Fsp3) is 0.379. The molecule has 2 aliphatic heterocycles. The Morgan fingerprint density at radius 1 is 1.17 bits per heavy atom. The van der Waals surface area contributed by atoms with Crippen molar-refractivity contribution in [2.45, 2.75) is 51.9 Å². The third-order valence-electron chi connectivity index (χ3n) is 6.92. The van der Waals surface area contributed by atoms with Crippen LogP contribution in [0.1, 0.15) is 44.4 Å². The number of benzene rings is 2. The van der Waals surface area contributed by atoms with Gasteiger partial charge in [-0.25, -0.2) is 4.79 Å². The quantitative estimate of drug-likeness (QED) is 0.326. The van der Waals surface area contributed by atoms with Crippen LogP contribution in [-0.2, 0) is 22.1 Å². The number of rotatable bonds is 3. The van der Waals surface area contributed by atoms with E-state index in [1.165, 1.54) is 12.1 Å². The topological polar surface area (TPSA) is 90.9 Å². The molecule has 0 saturated carbocycles. The molecular weight excluding hydrogens is 591 g/mol. The summed E-state index contributed by atoms with van der Waals surface area (Å²) in [5.74, 6) is -0.526. The van der Waals surface area contributed by atoms with E-state index >= 15 is 0 Å². The number of allylic oxidation sites excluding steroid dienone is 1. The zero-order valence-electron chi connectivity index (χ0n) is 23.4. The van der Waals surface area contributed by atoms with Crippen LogP contribution in [0.5, 0.6) is 0 Å². The Kier molecular flexibility index (Phi) is 8.06. The molecule has 0 aliphatic carbocycles. The largest absolute Gasteiger partial charge is 0.444 e. The number of hydrogen-bond acceptors (Lipinski definition) is 6. The first-order valence-electron chi connectivity index (χ1n) is 13.3. The number of thioether (sulfide) groups is 1. The average molecular weight is 620 g/mol. The molecule has 1 atom stereocenters. The molecular formula is C29H29ClF3N5O3S. The van der Waals surface area contributed by atoms with E-state index in [9.17, 15) is 22.8 Å². The fourth-order valence-electron chi connectivity index (χ4n) is 4.94. The number of nitrogens with one attached hydrogen (secondary N) is 1. The molecule has 8 nitrogen and oxygen atoms in total. The van der Waals surface area contributed by atoms with Crippen molar-refractivity contribution in [3.63, 3.8) is 0 Å². The first-order chi connectivity index (χ1) is 19.7. The molecule has 2 amide bonds. The predicted molar refractivity (Wildman–Crippen MR) is 157 cm³/mol. The summed E-state index contributed by atoms with van der Waals surface area (Å²) in [6, 6.07) is 8.78. The SMILES string of the molecule is CC1CN(C(=O)OC(C)(C)C)CCN1C1=NC(=O)C(=C(Cc2ccc(Cl)cc2C(F)(F)F)c2ccc3[nH]ncc3c2)S1. The molecule has 0 bridgehead atoms. The summed E-state index contributed by atoms with van der Waals surface area (Å²) in [7, 11) is 0. The maximum absolute atomic E-state index is 14.0. The highest BCUT2D eigenvalue weighted by Gasteiger charge is 2.37. The lowest BCUT2D eigenvalue weighted by atomic mass is 9.93. The minimum Gasteiger partial charge on any atom is -0.444 e. The van der Waals surface area contributed by atoms with Crippen molar-refractivity contribution >= 4 is 57.0 Å². The van der Waals surface area contributed by atoms with Crippen LogP contribution in [0.3, 0.4) is 0 Å². The lowest BCUT2D eigenvalue weighted by Crippen LogP contribution is -2.55. The maximum Gasteiger partial charge on any atom is 0.416 e. The van der Waals surface area contributed by atoms with Gasteiger partial charge in [-0.1, -0.05) is 23.7 Å². The molecule has 0 radical (unpaired) electrons. The van der Waals surface area contributed by atoms with Crippen LogP contribution in [0, 0.1) is 0 Å². The lowest BCUT2D eigenvalue weighted by molar-refractivity contribution is -0.138. The number of amides is 2. The molecule has 1 N–H and O–H groups in total. The molecule has 13 heteroatoms. The average Bonchev–Trinajstić information content (AvgIpc) is 3.52. The summed E-state index contributed by atoms with van der Waals surface area (Å²) in [6.07, 6.45) is -3.61. The van der Waals surface area contributed by atoms with Crippen LogP contribution in [0.4, 0.5) is 18.0 Å². The van der Waals surface area contributed by atoms with Gasteiger partial charge in [-0.05, 0) is 86.8 Å². The number of carbonyl (C=O) groups excluding carboxylic acids is 2. The Morgan fingerprint density at radius 3 is 2.62 bits per heavy atom. The van der Waals surface area contributed by atoms with Gasteiger partial charge in [0.05, 0.1) is 22.2 Å². The Labute approximate surface area is 249 Å². The van der Waals surface area contributed by atoms with Gasteiger partial charge in [0.15, 0.2) is 5.17 Å². The van der Waals surface area contributed by atoms with Crippen LogP contribution in [-0.4, -0.2) is 68.4 Å². The van der Waals surface area contributed by atoms with Crippen LogP contribution in [0.2, 0.25) is 5.02 Å². The van der Waals surface area contributed by atoms with Gasteiger partial charge in [0.1, 0.15) is 5.60 Å². The Balaban J connectivity index is 1.47. The van der Waals surface area contributed by atoms with Gasteiger partial charge in [-0.15, -0.1) is 0 Å². The van der Waals surface area contributed by atoms with E-state index in [4.69, 9.17) is 16.3 Å². The number of carbonyl (C=O) groups is 2. The number of halogens is 4. The number of alkyl halides is 3. The second-order valence-electron chi connectivity index (χ2n) is 11.2. The summed E-state index contributed by atoms with van der Waals surface area (Å²) in [5.41, 5.74) is 0.260. The summed E-state index contributed by atoms with van der Waals surface area (Å²) in [6.45, 7) is 8.48. The number of aromatic amines is 1. The molecule has 2 aliphatic rings. The molecule has 1 saturated heterocycles. The third-order valence-corrected chi connectivity index (χ3v) is 8.29. The minimum atomic E-state index is -4.64. The monoisotopic (exact) mass is 619 g/mol. The van der Waals surface area contributed by atoms with Gasteiger partial charge in [0.25, 0.3) is 5.91 Å². The highest BCUT2D eigenvalue weighted by Crippen LogP contribution is 2.41. The van der Waals surface area contributed by atoms with E-state index < -0.39 is 29.3 Å². The van der Waals surface area contributed by atoms with Gasteiger partial charge >= 0.3 is 12.3 Å². The molecule has 3 aromatic rings. The molecule has 3 heterocycles. The zero-order valence-corrected chi connectivity index (χ0v) is 25.0. The van der Waals surface area contributed by atoms with E-state index in [0.717, 1.165) is 28.7 Å². The van der Waals surface area contributed by atoms with Gasteiger partial charge < -0.3 is 14.5 Å². The number of hydrogen-bond donors (Lipinski definition) is 1. The number of aromatic nitrogens is 2. The number of piperazine rings is 1. The Morgan fingerprint density at radius 2 is 1.93 bits per heavy atom. The molecule has 1 aromatic heterocycles. The smallest absolute Gasteiger partial charge is 0.416 e. The molecule has 5 rings (SSSR count). The number of amidine groups is 1. The number of ether oxygens (including phenoxy) is 1. The van der Waals surface area contributed by atoms with Crippen molar-refractivity contribution in [1.82, 2.24) is 20.0 Å². The second-order valence-corrected chi connectivity index (χ2v) is 12.6. The Bertz CT molecular complexity index is 1610. The molecule has 222 valence electrons. The van der Waals surface area contributed by atoms with E-state index in [1.807, 2.05) is 11.8 Å². The van der Waals surface area contributed by atoms with E-state index in [0.29, 0.717) is 35.9 Å². The van der Waals surface area contributed by atoms with E-state index in [1.54, 1.807) is 50.1 Å². The molecule has 1 unspecified atom stereocenters. The lowest BCUT2D eigenvalue weighted by Gasteiger charge is -2.40. The first kappa shape index (κ1) is 30.0. The second kappa shape index (κ2) is 11.3. The summed E-state index contributed by atoms with van der Waals surface area (Å²) < 4.78 is 47.5. The summed E-state index contributed by atoms with van der Waals surface area (Å²) in [4.78, 5) is 34.1. The zero-order chi connectivity index (χ0) is 30.4. The summed E-state index contributed by atoms with van der Waals surface area (Å²) in [5, 5.41) is 8.06. The number of H-pyrrole nitrogens is 1. The predicted octanol–water partition coefficient (Wildman–Crippen LogP) is 6.76. The van der Waals surface area contributed by atoms with Gasteiger partial charge in [-0.2, -0.15) is 23.3 Å². The van der Waals surface area contributed by atoms with E-state index in [-0.39, 0.29) is 28.0 Å². The highest BCUT2D eigenvalue weighted by atomic mass is 35.5. The van der Waals surface area contributed by atoms with Crippen LogP contribution in [0.15, 0.2) is 52.5 Å². The molecule has 0 spiro atoms.